The zero-order valence-electron chi connectivity index (χ0n) is 17.9. The van der Waals surface area contributed by atoms with Gasteiger partial charge in [-0.2, -0.15) is 0 Å². The van der Waals surface area contributed by atoms with Crippen LogP contribution in [-0.2, 0) is 9.59 Å². The van der Waals surface area contributed by atoms with E-state index in [4.69, 9.17) is 13.9 Å². The zero-order valence-corrected chi connectivity index (χ0v) is 17.9. The summed E-state index contributed by atoms with van der Waals surface area (Å²) in [7, 11) is 1.58. The summed E-state index contributed by atoms with van der Waals surface area (Å²) in [5.74, 6) is -0.592. The third-order valence-electron chi connectivity index (χ3n) is 4.97. The molecular weight excluding hydrogens is 414 g/mol. The predicted molar refractivity (Wildman–Crippen MR) is 119 cm³/mol. The maximum Gasteiger partial charge on any atom is 0.336 e. The SMILES string of the molecule is CCCC[C@H](NC(=O)COc1ccc2c(-c3ccc(OC)cc3)cc(=O)oc2c1)C(=O)O. The highest BCUT2D eigenvalue weighted by Gasteiger charge is 2.19. The number of carbonyl (C=O) groups is 2. The van der Waals surface area contributed by atoms with Gasteiger partial charge in [0.1, 0.15) is 23.1 Å². The number of carboxylic acids is 1. The second-order valence-corrected chi connectivity index (χ2v) is 7.25. The van der Waals surface area contributed by atoms with Crippen LogP contribution < -0.4 is 20.4 Å². The highest BCUT2D eigenvalue weighted by atomic mass is 16.5. The molecule has 2 N–H and O–H groups in total. The molecule has 0 aliphatic rings. The van der Waals surface area contributed by atoms with Crippen LogP contribution in [0, 0.1) is 0 Å². The fourth-order valence-electron chi connectivity index (χ4n) is 3.29. The van der Waals surface area contributed by atoms with E-state index in [2.05, 4.69) is 5.32 Å². The second-order valence-electron chi connectivity index (χ2n) is 7.25. The predicted octanol–water partition coefficient (Wildman–Crippen LogP) is 3.61. The number of benzene rings is 2. The number of unbranched alkanes of at least 4 members (excludes halogenated alkanes) is 1. The third kappa shape index (κ3) is 5.66. The average Bonchev–Trinajstić information content (AvgIpc) is 2.79. The number of aliphatic carboxylic acids is 1. The van der Waals surface area contributed by atoms with Gasteiger partial charge in [0.15, 0.2) is 6.61 Å². The molecule has 0 aliphatic carbocycles. The molecule has 3 aromatic rings. The van der Waals surface area contributed by atoms with Crippen LogP contribution in [0.5, 0.6) is 11.5 Å². The lowest BCUT2D eigenvalue weighted by molar-refractivity contribution is -0.142. The summed E-state index contributed by atoms with van der Waals surface area (Å²) in [6.45, 7) is 1.59. The number of carbonyl (C=O) groups excluding carboxylic acids is 1. The van der Waals surface area contributed by atoms with Crippen LogP contribution in [0.3, 0.4) is 0 Å². The Bertz CT molecular complexity index is 1150. The number of methoxy groups -OCH3 is 1. The summed E-state index contributed by atoms with van der Waals surface area (Å²) in [5.41, 5.74) is 1.32. The summed E-state index contributed by atoms with van der Waals surface area (Å²) in [4.78, 5) is 35.5. The van der Waals surface area contributed by atoms with Gasteiger partial charge in [0.05, 0.1) is 7.11 Å². The number of fused-ring (bicyclic) bond motifs is 1. The number of rotatable bonds is 10. The second kappa shape index (κ2) is 10.5. The monoisotopic (exact) mass is 439 g/mol. The van der Waals surface area contributed by atoms with Crippen molar-refractivity contribution >= 4 is 22.8 Å². The summed E-state index contributed by atoms with van der Waals surface area (Å²) in [6.07, 6.45) is 1.88. The Morgan fingerprint density at radius 1 is 1.09 bits per heavy atom. The molecule has 2 aromatic carbocycles. The number of hydrogen-bond acceptors (Lipinski definition) is 6. The van der Waals surface area contributed by atoms with Gasteiger partial charge in [-0.1, -0.05) is 31.9 Å². The van der Waals surface area contributed by atoms with E-state index in [1.54, 1.807) is 31.4 Å². The largest absolute Gasteiger partial charge is 0.497 e. The number of hydrogen-bond donors (Lipinski definition) is 2. The van der Waals surface area contributed by atoms with Gasteiger partial charge in [0.2, 0.25) is 0 Å². The van der Waals surface area contributed by atoms with Gasteiger partial charge >= 0.3 is 11.6 Å². The molecule has 0 aliphatic heterocycles. The van der Waals surface area contributed by atoms with Crippen molar-refractivity contribution < 1.29 is 28.6 Å². The molecule has 0 spiro atoms. The molecule has 168 valence electrons. The minimum absolute atomic E-state index is 0.313. The van der Waals surface area contributed by atoms with Crippen LogP contribution in [0.2, 0.25) is 0 Å². The maximum absolute atomic E-state index is 12.1. The quantitative estimate of drug-likeness (QED) is 0.464. The molecule has 1 atom stereocenters. The van der Waals surface area contributed by atoms with Gasteiger partial charge in [-0.3, -0.25) is 4.79 Å². The van der Waals surface area contributed by atoms with Crippen molar-refractivity contribution in [1.82, 2.24) is 5.32 Å². The van der Waals surface area contributed by atoms with E-state index in [1.807, 2.05) is 19.1 Å². The minimum Gasteiger partial charge on any atom is -0.497 e. The van der Waals surface area contributed by atoms with E-state index in [0.717, 1.165) is 12.0 Å². The Morgan fingerprint density at radius 3 is 2.47 bits per heavy atom. The molecule has 0 bridgehead atoms. The van der Waals surface area contributed by atoms with E-state index in [9.17, 15) is 19.5 Å². The lowest BCUT2D eigenvalue weighted by Crippen LogP contribution is -2.42. The Hall–Kier alpha value is -3.81. The Morgan fingerprint density at radius 2 is 1.81 bits per heavy atom. The Balaban J connectivity index is 1.76. The molecule has 3 rings (SSSR count). The van der Waals surface area contributed by atoms with Gasteiger partial charge in [0.25, 0.3) is 5.91 Å². The minimum atomic E-state index is -1.08. The van der Waals surface area contributed by atoms with E-state index < -0.39 is 23.5 Å². The van der Waals surface area contributed by atoms with Crippen molar-refractivity contribution in [3.63, 3.8) is 0 Å². The van der Waals surface area contributed by atoms with Crippen LogP contribution in [-0.4, -0.2) is 36.7 Å². The summed E-state index contributed by atoms with van der Waals surface area (Å²) >= 11 is 0. The Labute approximate surface area is 184 Å². The van der Waals surface area contributed by atoms with Crippen molar-refractivity contribution in [2.24, 2.45) is 0 Å². The summed E-state index contributed by atoms with van der Waals surface area (Å²) < 4.78 is 16.0. The normalized spacial score (nSPS) is 11.7. The Kier molecular flexibility index (Phi) is 7.49. The van der Waals surface area contributed by atoms with Gasteiger partial charge in [0, 0.05) is 17.5 Å². The van der Waals surface area contributed by atoms with Crippen molar-refractivity contribution in [1.29, 1.82) is 0 Å². The van der Waals surface area contributed by atoms with Crippen LogP contribution in [0.25, 0.3) is 22.1 Å². The van der Waals surface area contributed by atoms with Crippen molar-refractivity contribution in [2.75, 3.05) is 13.7 Å². The first-order valence-corrected chi connectivity index (χ1v) is 10.3. The van der Waals surface area contributed by atoms with Crippen LogP contribution in [0.15, 0.2) is 57.7 Å². The molecule has 1 aromatic heterocycles. The van der Waals surface area contributed by atoms with Gasteiger partial charge in [-0.15, -0.1) is 0 Å². The highest BCUT2D eigenvalue weighted by Crippen LogP contribution is 2.30. The molecule has 8 heteroatoms. The molecular formula is C24H25NO7. The summed E-state index contributed by atoms with van der Waals surface area (Å²) in [5, 5.41) is 12.4. The van der Waals surface area contributed by atoms with Crippen LogP contribution in [0.1, 0.15) is 26.2 Å². The third-order valence-corrected chi connectivity index (χ3v) is 4.97. The summed E-state index contributed by atoms with van der Waals surface area (Å²) in [6, 6.07) is 12.7. The average molecular weight is 439 g/mol. The van der Waals surface area contributed by atoms with E-state index in [0.29, 0.717) is 40.9 Å². The lowest BCUT2D eigenvalue weighted by Gasteiger charge is -2.14. The van der Waals surface area contributed by atoms with Crippen molar-refractivity contribution in [3.05, 3.63) is 59.0 Å². The lowest BCUT2D eigenvalue weighted by atomic mass is 10.0. The number of nitrogens with one attached hydrogen (secondary N) is 1. The van der Waals surface area contributed by atoms with Gasteiger partial charge < -0.3 is 24.3 Å². The maximum atomic E-state index is 12.1. The molecule has 0 fully saturated rings. The fraction of sp³-hybridized carbons (Fsp3) is 0.292. The number of carboxylic acid groups (broad SMARTS) is 1. The van der Waals surface area contributed by atoms with Gasteiger partial charge in [-0.05, 0) is 41.8 Å². The molecule has 0 saturated carbocycles. The van der Waals surface area contributed by atoms with Crippen molar-refractivity contribution in [2.45, 2.75) is 32.2 Å². The van der Waals surface area contributed by atoms with E-state index in [-0.39, 0.29) is 6.61 Å². The first-order valence-electron chi connectivity index (χ1n) is 10.3. The van der Waals surface area contributed by atoms with Crippen LogP contribution in [0.4, 0.5) is 0 Å². The molecule has 1 heterocycles. The molecule has 8 nitrogen and oxygen atoms in total. The molecule has 0 radical (unpaired) electrons. The fourth-order valence-corrected chi connectivity index (χ4v) is 3.29. The molecule has 32 heavy (non-hydrogen) atoms. The number of ether oxygens (including phenoxy) is 2. The van der Waals surface area contributed by atoms with E-state index in [1.165, 1.54) is 12.1 Å². The molecule has 1 amide bonds. The zero-order chi connectivity index (χ0) is 23.1. The first kappa shape index (κ1) is 22.9. The van der Waals surface area contributed by atoms with Crippen molar-refractivity contribution in [3.8, 4) is 22.6 Å². The van der Waals surface area contributed by atoms with E-state index >= 15 is 0 Å². The van der Waals surface area contributed by atoms with Crippen LogP contribution >= 0.6 is 0 Å². The number of amides is 1. The smallest absolute Gasteiger partial charge is 0.336 e. The topological polar surface area (TPSA) is 115 Å². The van der Waals surface area contributed by atoms with Gasteiger partial charge in [-0.25, -0.2) is 9.59 Å². The molecule has 0 unspecified atom stereocenters. The molecule has 0 saturated heterocycles. The highest BCUT2D eigenvalue weighted by molar-refractivity contribution is 5.94. The first-order chi connectivity index (χ1) is 15.4. The standard InChI is InChI=1S/C24H25NO7/c1-3-4-5-20(24(28)29)25-22(26)14-31-17-10-11-18-19(13-23(27)32-21(18)12-17)15-6-8-16(30-2)9-7-15/h6-13,20H,3-5,14H2,1-2H3,(H,25,26)(H,28,29)/t20-/m0/s1.